The first kappa shape index (κ1) is 21.7. The summed E-state index contributed by atoms with van der Waals surface area (Å²) in [5, 5.41) is 3.08. The number of anilines is 1. The van der Waals surface area contributed by atoms with Crippen LogP contribution < -0.4 is 5.32 Å². The molecule has 0 saturated heterocycles. The minimum atomic E-state index is -4.51. The summed E-state index contributed by atoms with van der Waals surface area (Å²) in [5.74, 6) is -0.938. The number of benzene rings is 3. The van der Waals surface area contributed by atoms with Crippen molar-refractivity contribution in [2.75, 3.05) is 5.32 Å². The average Bonchev–Trinajstić information content (AvgIpc) is 3.33. The lowest BCUT2D eigenvalue weighted by Crippen LogP contribution is -2.17. The number of carbonyl (C=O) groups is 1. The number of aromatic nitrogens is 3. The van der Waals surface area contributed by atoms with E-state index in [1.165, 1.54) is 24.3 Å². The molecule has 0 fully saturated rings. The predicted molar refractivity (Wildman–Crippen MR) is 121 cm³/mol. The first-order valence-electron chi connectivity index (χ1n) is 10.4. The molecule has 172 valence electrons. The lowest BCUT2D eigenvalue weighted by molar-refractivity contribution is -0.137. The molecule has 0 unspecified atom stereocenters. The zero-order valence-corrected chi connectivity index (χ0v) is 17.9. The lowest BCUT2D eigenvalue weighted by atomic mass is 10.1. The Bertz CT molecular complexity index is 1550. The summed E-state index contributed by atoms with van der Waals surface area (Å²) in [4.78, 5) is 17.5. The van der Waals surface area contributed by atoms with Crippen LogP contribution in [0.15, 0.2) is 73.1 Å². The van der Waals surface area contributed by atoms with Gasteiger partial charge in [0.15, 0.2) is 0 Å². The van der Waals surface area contributed by atoms with E-state index in [-0.39, 0.29) is 17.6 Å². The molecule has 0 spiro atoms. The van der Waals surface area contributed by atoms with Crippen LogP contribution in [-0.4, -0.2) is 20.0 Å². The monoisotopic (exact) mass is 466 g/mol. The zero-order chi connectivity index (χ0) is 24.0. The molecule has 0 aliphatic carbocycles. The fourth-order valence-corrected chi connectivity index (χ4v) is 4.02. The van der Waals surface area contributed by atoms with E-state index in [4.69, 9.17) is 0 Å². The van der Waals surface area contributed by atoms with Gasteiger partial charge in [0.1, 0.15) is 11.5 Å². The summed E-state index contributed by atoms with van der Waals surface area (Å²) < 4.78 is 56.9. The number of fused-ring (bicyclic) bond motifs is 2. The Balaban J connectivity index is 1.58. The van der Waals surface area contributed by atoms with E-state index in [1.54, 1.807) is 41.2 Å². The molecule has 1 N–H and O–H groups in total. The second-order valence-electron chi connectivity index (χ2n) is 8.03. The number of halogens is 4. The van der Waals surface area contributed by atoms with Crippen molar-refractivity contribution in [3.05, 3.63) is 95.7 Å². The van der Waals surface area contributed by atoms with E-state index in [0.717, 1.165) is 23.2 Å². The van der Waals surface area contributed by atoms with Gasteiger partial charge < -0.3 is 14.5 Å². The van der Waals surface area contributed by atoms with Crippen molar-refractivity contribution in [3.8, 4) is 0 Å². The van der Waals surface area contributed by atoms with Gasteiger partial charge in [-0.15, -0.1) is 0 Å². The number of amides is 1. The average molecular weight is 466 g/mol. The highest BCUT2D eigenvalue weighted by molar-refractivity contribution is 6.07. The number of rotatable bonds is 4. The smallest absolute Gasteiger partial charge is 0.334 e. The number of aryl methyl sites for hydroxylation is 1. The van der Waals surface area contributed by atoms with Crippen molar-refractivity contribution in [3.63, 3.8) is 0 Å². The molecule has 0 saturated carbocycles. The summed E-state index contributed by atoms with van der Waals surface area (Å²) in [7, 11) is 1.83. The van der Waals surface area contributed by atoms with Gasteiger partial charge >= 0.3 is 6.18 Å². The van der Waals surface area contributed by atoms with E-state index < -0.39 is 23.5 Å². The van der Waals surface area contributed by atoms with Crippen molar-refractivity contribution in [1.29, 1.82) is 0 Å². The van der Waals surface area contributed by atoms with E-state index in [9.17, 15) is 22.4 Å². The molecule has 34 heavy (non-hydrogen) atoms. The molecule has 0 aliphatic heterocycles. The van der Waals surface area contributed by atoms with Crippen LogP contribution in [0.3, 0.4) is 0 Å². The van der Waals surface area contributed by atoms with Gasteiger partial charge in [0.25, 0.3) is 5.91 Å². The standard InChI is InChI=1S/C25H18F4N4O/c1-32-14-30-20-7-6-19(12-22(20)32)31-24(34)23-11-16-10-17(25(27,28)29)5-8-21(16)33(23)13-15-3-2-4-18(26)9-15/h2-12,14H,13H2,1H3,(H,31,34). The fraction of sp³-hybridized carbons (Fsp3) is 0.120. The maximum atomic E-state index is 13.8. The Morgan fingerprint density at radius 3 is 2.59 bits per heavy atom. The van der Waals surface area contributed by atoms with E-state index in [2.05, 4.69) is 10.3 Å². The molecule has 5 rings (SSSR count). The number of imidazole rings is 1. The minimum absolute atomic E-state index is 0.107. The van der Waals surface area contributed by atoms with Crippen molar-refractivity contribution < 1.29 is 22.4 Å². The molecule has 5 nitrogen and oxygen atoms in total. The van der Waals surface area contributed by atoms with Crippen LogP contribution in [0.25, 0.3) is 21.9 Å². The number of alkyl halides is 3. The highest BCUT2D eigenvalue weighted by Gasteiger charge is 2.31. The van der Waals surface area contributed by atoms with Crippen LogP contribution in [0, 0.1) is 5.82 Å². The van der Waals surface area contributed by atoms with Crippen LogP contribution >= 0.6 is 0 Å². The van der Waals surface area contributed by atoms with Gasteiger partial charge in [0.2, 0.25) is 0 Å². The topological polar surface area (TPSA) is 51.9 Å². The molecule has 0 aliphatic rings. The molecular formula is C25H18F4N4O. The number of nitrogens with zero attached hydrogens (tertiary/aromatic N) is 3. The van der Waals surface area contributed by atoms with Gasteiger partial charge in [-0.25, -0.2) is 9.37 Å². The summed E-state index contributed by atoms with van der Waals surface area (Å²) in [6, 6.07) is 15.8. The molecule has 5 aromatic rings. The van der Waals surface area contributed by atoms with Crippen molar-refractivity contribution >= 4 is 33.5 Å². The highest BCUT2D eigenvalue weighted by atomic mass is 19.4. The third-order valence-corrected chi connectivity index (χ3v) is 5.67. The molecular weight excluding hydrogens is 448 g/mol. The molecule has 2 heterocycles. The Morgan fingerprint density at radius 1 is 1.00 bits per heavy atom. The SMILES string of the molecule is Cn1cnc2ccc(NC(=O)c3cc4cc(C(F)(F)F)ccc4n3Cc3cccc(F)c3)cc21. The van der Waals surface area contributed by atoms with Crippen LogP contribution in [0.2, 0.25) is 0 Å². The molecule has 2 aromatic heterocycles. The molecule has 1 amide bonds. The van der Waals surface area contributed by atoms with E-state index in [1.807, 2.05) is 11.6 Å². The zero-order valence-electron chi connectivity index (χ0n) is 17.9. The molecule has 0 atom stereocenters. The van der Waals surface area contributed by atoms with Crippen molar-refractivity contribution in [2.24, 2.45) is 7.05 Å². The molecule has 9 heteroatoms. The van der Waals surface area contributed by atoms with Gasteiger partial charge in [0, 0.05) is 30.2 Å². The molecule has 3 aromatic carbocycles. The van der Waals surface area contributed by atoms with Gasteiger partial charge in [-0.2, -0.15) is 13.2 Å². The van der Waals surface area contributed by atoms with Crippen LogP contribution in [0.5, 0.6) is 0 Å². The van der Waals surface area contributed by atoms with E-state index in [0.29, 0.717) is 16.8 Å². The Hall–Kier alpha value is -4.14. The summed E-state index contributed by atoms with van der Waals surface area (Å²) in [6.45, 7) is 0.107. The van der Waals surface area contributed by atoms with Gasteiger partial charge in [-0.3, -0.25) is 4.79 Å². The van der Waals surface area contributed by atoms with Crippen LogP contribution in [0.1, 0.15) is 21.6 Å². The van der Waals surface area contributed by atoms with E-state index >= 15 is 0 Å². The van der Waals surface area contributed by atoms with Crippen molar-refractivity contribution in [1.82, 2.24) is 14.1 Å². The maximum Gasteiger partial charge on any atom is 0.416 e. The van der Waals surface area contributed by atoms with Gasteiger partial charge in [-0.1, -0.05) is 12.1 Å². The normalized spacial score (nSPS) is 11.9. The first-order chi connectivity index (χ1) is 16.2. The number of nitrogens with one attached hydrogen (secondary N) is 1. The largest absolute Gasteiger partial charge is 0.416 e. The molecule has 0 bridgehead atoms. The van der Waals surface area contributed by atoms with Crippen LogP contribution in [0.4, 0.5) is 23.2 Å². The summed E-state index contributed by atoms with van der Waals surface area (Å²) >= 11 is 0. The third-order valence-electron chi connectivity index (χ3n) is 5.67. The predicted octanol–water partition coefficient (Wildman–Crippen LogP) is 5.99. The minimum Gasteiger partial charge on any atom is -0.334 e. The highest BCUT2D eigenvalue weighted by Crippen LogP contribution is 2.33. The Labute approximate surface area is 191 Å². The summed E-state index contributed by atoms with van der Waals surface area (Å²) in [6.07, 6.45) is -2.86. The second kappa shape index (κ2) is 8.02. The van der Waals surface area contributed by atoms with Crippen LogP contribution in [-0.2, 0) is 19.8 Å². The van der Waals surface area contributed by atoms with Gasteiger partial charge in [-0.05, 0) is 60.2 Å². The number of hydrogen-bond donors (Lipinski definition) is 1. The number of hydrogen-bond acceptors (Lipinski definition) is 2. The fourth-order valence-electron chi connectivity index (χ4n) is 4.02. The Morgan fingerprint density at radius 2 is 1.82 bits per heavy atom. The first-order valence-corrected chi connectivity index (χ1v) is 10.4. The summed E-state index contributed by atoms with van der Waals surface area (Å²) in [5.41, 5.74) is 2.44. The second-order valence-corrected chi connectivity index (χ2v) is 8.03. The maximum absolute atomic E-state index is 13.8. The lowest BCUT2D eigenvalue weighted by Gasteiger charge is -2.12. The van der Waals surface area contributed by atoms with Crippen molar-refractivity contribution in [2.45, 2.75) is 12.7 Å². The van der Waals surface area contributed by atoms with Gasteiger partial charge in [0.05, 0.1) is 22.9 Å². The molecule has 0 radical (unpaired) electrons. The third kappa shape index (κ3) is 4.00. The quantitative estimate of drug-likeness (QED) is 0.331. The number of carbonyl (C=O) groups excluding carboxylic acids is 1. The Kier molecular flexibility index (Phi) is 5.11.